The molecule has 0 amide bonds. The average Bonchev–Trinajstić information content (AvgIpc) is 3.26. The number of aliphatic hydroxyl groups excluding tert-OH is 1. The number of nitriles is 2. The smallest absolute Gasteiger partial charge is 0.210 e. The summed E-state index contributed by atoms with van der Waals surface area (Å²) in [6, 6.07) is 14.7. The summed E-state index contributed by atoms with van der Waals surface area (Å²) in [5.74, 6) is 0. The lowest BCUT2D eigenvalue weighted by atomic mass is 10.1. The van der Waals surface area contributed by atoms with Crippen molar-refractivity contribution in [3.05, 3.63) is 59.8 Å². The van der Waals surface area contributed by atoms with Gasteiger partial charge in [-0.15, -0.1) is 0 Å². The Kier molecular flexibility index (Phi) is 5.13. The molecular formula is C22H18N4O3S. The number of benzene rings is 2. The number of nitrogens with zero attached hydrogens (tertiary/aromatic N) is 4. The molecule has 1 fully saturated rings. The molecule has 2 aromatic carbocycles. The third-order valence-corrected chi connectivity index (χ3v) is 7.13. The first-order chi connectivity index (χ1) is 14.5. The number of aromatic nitrogens is 1. The number of sulfone groups is 1. The highest BCUT2D eigenvalue weighted by atomic mass is 32.2. The summed E-state index contributed by atoms with van der Waals surface area (Å²) in [7, 11) is -3.98. The quantitative estimate of drug-likeness (QED) is 0.692. The molecule has 0 radical (unpaired) electrons. The minimum atomic E-state index is -3.98. The molecule has 4 rings (SSSR count). The van der Waals surface area contributed by atoms with Crippen LogP contribution in [0.2, 0.25) is 0 Å². The summed E-state index contributed by atoms with van der Waals surface area (Å²) in [5.41, 5.74) is 1.67. The predicted molar refractivity (Wildman–Crippen MR) is 111 cm³/mol. The fourth-order valence-electron chi connectivity index (χ4n) is 3.90. The normalized spacial score (nSPS) is 16.4. The second-order valence-corrected chi connectivity index (χ2v) is 9.05. The zero-order valence-electron chi connectivity index (χ0n) is 16.0. The Bertz CT molecular complexity index is 1320. The first kappa shape index (κ1) is 19.8. The van der Waals surface area contributed by atoms with Crippen LogP contribution in [0.25, 0.3) is 10.9 Å². The first-order valence-electron chi connectivity index (χ1n) is 9.45. The van der Waals surface area contributed by atoms with Crippen LogP contribution in [0.3, 0.4) is 0 Å². The van der Waals surface area contributed by atoms with E-state index in [4.69, 9.17) is 5.26 Å². The van der Waals surface area contributed by atoms with Gasteiger partial charge in [0.05, 0.1) is 52.0 Å². The zero-order valence-corrected chi connectivity index (χ0v) is 16.8. The predicted octanol–water partition coefficient (Wildman–Crippen LogP) is 2.77. The van der Waals surface area contributed by atoms with Crippen LogP contribution in [0.1, 0.15) is 24.0 Å². The number of pyridine rings is 1. The fourth-order valence-corrected chi connectivity index (χ4v) is 5.37. The van der Waals surface area contributed by atoms with Gasteiger partial charge in [-0.1, -0.05) is 6.07 Å². The molecule has 0 saturated carbocycles. The molecule has 8 heteroatoms. The molecule has 3 aromatic rings. The van der Waals surface area contributed by atoms with Gasteiger partial charge < -0.3 is 10.0 Å². The second kappa shape index (κ2) is 7.75. The van der Waals surface area contributed by atoms with E-state index in [1.807, 2.05) is 11.0 Å². The van der Waals surface area contributed by atoms with Crippen LogP contribution in [0.15, 0.2) is 58.5 Å². The average molecular weight is 418 g/mol. The van der Waals surface area contributed by atoms with Crippen molar-refractivity contribution in [2.45, 2.75) is 28.7 Å². The van der Waals surface area contributed by atoms with E-state index in [0.29, 0.717) is 28.7 Å². The molecule has 0 aliphatic carbocycles. The third-order valence-electron chi connectivity index (χ3n) is 5.37. The van der Waals surface area contributed by atoms with Gasteiger partial charge in [-0.05, 0) is 49.2 Å². The van der Waals surface area contributed by atoms with Gasteiger partial charge in [0.25, 0.3) is 0 Å². The highest BCUT2D eigenvalue weighted by molar-refractivity contribution is 7.91. The Balaban J connectivity index is 2.01. The zero-order chi connectivity index (χ0) is 21.3. The van der Waals surface area contributed by atoms with Crippen LogP contribution in [0, 0.1) is 22.7 Å². The minimum Gasteiger partial charge on any atom is -0.394 e. The molecule has 150 valence electrons. The Morgan fingerprint density at radius 3 is 2.63 bits per heavy atom. The third kappa shape index (κ3) is 3.26. The van der Waals surface area contributed by atoms with Crippen molar-refractivity contribution in [3.8, 4) is 12.1 Å². The number of hydrogen-bond donors (Lipinski definition) is 1. The van der Waals surface area contributed by atoms with Crippen LogP contribution >= 0.6 is 0 Å². The fraction of sp³-hybridized carbons (Fsp3) is 0.227. The van der Waals surface area contributed by atoms with Crippen LogP contribution in [0.5, 0.6) is 0 Å². The standard InChI is InChI=1S/C22H18N4O3S/c23-11-15-3-1-5-18(9-15)30(28,29)21-13-25-20-10-16(12-24)6-7-19(20)22(21)26-8-2-4-17(26)14-27/h1,3,5-7,9-10,13,17,27H,2,4,8,14H2/t17-/m0/s1. The summed E-state index contributed by atoms with van der Waals surface area (Å²) in [4.78, 5) is 6.27. The molecule has 30 heavy (non-hydrogen) atoms. The van der Waals surface area contributed by atoms with Crippen molar-refractivity contribution in [1.82, 2.24) is 4.98 Å². The molecule has 0 bridgehead atoms. The van der Waals surface area contributed by atoms with E-state index in [9.17, 15) is 18.8 Å². The number of fused-ring (bicyclic) bond motifs is 1. The van der Waals surface area contributed by atoms with E-state index in [0.717, 1.165) is 12.8 Å². The number of aliphatic hydroxyl groups is 1. The van der Waals surface area contributed by atoms with E-state index in [2.05, 4.69) is 11.1 Å². The SMILES string of the molecule is N#Cc1cccc(S(=O)(=O)c2cnc3cc(C#N)ccc3c2N2CCC[C@H]2CO)c1. The summed E-state index contributed by atoms with van der Waals surface area (Å²) in [6.45, 7) is 0.509. The molecule has 1 aliphatic heterocycles. The summed E-state index contributed by atoms with van der Waals surface area (Å²) < 4.78 is 27.1. The maximum Gasteiger partial charge on any atom is 0.210 e. The van der Waals surface area contributed by atoms with Gasteiger partial charge >= 0.3 is 0 Å². The Hall–Kier alpha value is -3.46. The minimum absolute atomic E-state index is 0.0114. The molecule has 1 N–H and O–H groups in total. The van der Waals surface area contributed by atoms with Crippen molar-refractivity contribution in [3.63, 3.8) is 0 Å². The largest absolute Gasteiger partial charge is 0.394 e. The Labute approximate surface area is 174 Å². The van der Waals surface area contributed by atoms with Crippen molar-refractivity contribution >= 4 is 26.4 Å². The van der Waals surface area contributed by atoms with Crippen molar-refractivity contribution in [1.29, 1.82) is 10.5 Å². The van der Waals surface area contributed by atoms with Crippen LogP contribution in [-0.2, 0) is 9.84 Å². The number of hydrogen-bond acceptors (Lipinski definition) is 7. The van der Waals surface area contributed by atoms with Crippen molar-refractivity contribution < 1.29 is 13.5 Å². The number of anilines is 1. The van der Waals surface area contributed by atoms with E-state index >= 15 is 0 Å². The molecule has 1 aromatic heterocycles. The summed E-state index contributed by atoms with van der Waals surface area (Å²) in [5, 5.41) is 28.8. The van der Waals surface area contributed by atoms with Crippen LogP contribution in [-0.4, -0.2) is 37.7 Å². The molecule has 1 aliphatic rings. The van der Waals surface area contributed by atoms with Gasteiger partial charge in [0.1, 0.15) is 4.90 Å². The Morgan fingerprint density at radius 1 is 1.13 bits per heavy atom. The second-order valence-electron chi connectivity index (χ2n) is 7.13. The maximum absolute atomic E-state index is 13.6. The summed E-state index contributed by atoms with van der Waals surface area (Å²) in [6.07, 6.45) is 2.88. The van der Waals surface area contributed by atoms with Gasteiger partial charge in [0, 0.05) is 18.1 Å². The van der Waals surface area contributed by atoms with E-state index < -0.39 is 9.84 Å². The molecule has 0 spiro atoms. The molecule has 1 saturated heterocycles. The highest BCUT2D eigenvalue weighted by Crippen LogP contribution is 2.39. The molecular weight excluding hydrogens is 400 g/mol. The molecule has 0 unspecified atom stereocenters. The van der Waals surface area contributed by atoms with Gasteiger partial charge in [-0.2, -0.15) is 10.5 Å². The lowest BCUT2D eigenvalue weighted by Crippen LogP contribution is -2.33. The summed E-state index contributed by atoms with van der Waals surface area (Å²) >= 11 is 0. The first-order valence-corrected chi connectivity index (χ1v) is 10.9. The number of rotatable bonds is 4. The molecule has 2 heterocycles. The van der Waals surface area contributed by atoms with E-state index in [-0.39, 0.29) is 28.0 Å². The topological polar surface area (TPSA) is 118 Å². The highest BCUT2D eigenvalue weighted by Gasteiger charge is 2.32. The van der Waals surface area contributed by atoms with Crippen LogP contribution in [0.4, 0.5) is 5.69 Å². The van der Waals surface area contributed by atoms with Crippen LogP contribution < -0.4 is 4.90 Å². The van der Waals surface area contributed by atoms with E-state index in [1.165, 1.54) is 24.4 Å². The maximum atomic E-state index is 13.6. The molecule has 7 nitrogen and oxygen atoms in total. The molecule has 1 atom stereocenters. The van der Waals surface area contributed by atoms with Gasteiger partial charge in [0.15, 0.2) is 0 Å². The van der Waals surface area contributed by atoms with Crippen molar-refractivity contribution in [2.75, 3.05) is 18.1 Å². The Morgan fingerprint density at radius 2 is 1.90 bits per heavy atom. The van der Waals surface area contributed by atoms with Gasteiger partial charge in [0.2, 0.25) is 9.84 Å². The van der Waals surface area contributed by atoms with Gasteiger partial charge in [-0.3, -0.25) is 4.98 Å². The monoisotopic (exact) mass is 418 g/mol. The lowest BCUT2D eigenvalue weighted by molar-refractivity contribution is 0.266. The lowest BCUT2D eigenvalue weighted by Gasteiger charge is -2.28. The van der Waals surface area contributed by atoms with E-state index in [1.54, 1.807) is 24.3 Å². The van der Waals surface area contributed by atoms with Gasteiger partial charge in [-0.25, -0.2) is 8.42 Å². The van der Waals surface area contributed by atoms with Crippen molar-refractivity contribution in [2.24, 2.45) is 0 Å².